The van der Waals surface area contributed by atoms with Gasteiger partial charge in [-0.05, 0) is 0 Å². The van der Waals surface area contributed by atoms with Crippen molar-refractivity contribution in [3.05, 3.63) is 0 Å². The average molecular weight is 214 g/mol. The zero-order valence-corrected chi connectivity index (χ0v) is 9.08. The number of hydrogen-bond acceptors (Lipinski definition) is 3. The van der Waals surface area contributed by atoms with Crippen molar-refractivity contribution in [2.24, 2.45) is 0 Å². The minimum Gasteiger partial charge on any atom is -0.741 e. The van der Waals surface area contributed by atoms with Crippen LogP contribution in [0.4, 0.5) is 13.2 Å². The van der Waals surface area contributed by atoms with E-state index < -0.39 is 15.6 Å². The van der Waals surface area contributed by atoms with Crippen LogP contribution in [0, 0.1) is 6.07 Å². The van der Waals surface area contributed by atoms with Crippen molar-refractivity contribution in [1.29, 1.82) is 0 Å². The molecule has 0 rings (SSSR count). The number of rotatable bonds is 0. The van der Waals surface area contributed by atoms with Crippen LogP contribution in [0.5, 0.6) is 0 Å². The molecule has 0 amide bonds. The molecule has 0 aliphatic heterocycles. The van der Waals surface area contributed by atoms with Crippen LogP contribution in [0.2, 0.25) is 0 Å². The van der Waals surface area contributed by atoms with E-state index >= 15 is 0 Å². The Labute approximate surface area is 89.4 Å². The Morgan fingerprint density at radius 3 is 1.50 bits per heavy atom. The molecule has 0 unspecified atom stereocenters. The second-order valence-electron chi connectivity index (χ2n) is 1.15. The molecule has 0 saturated heterocycles. The van der Waals surface area contributed by atoms with Crippen molar-refractivity contribution < 1.29 is 61.0 Å². The minimum absolute atomic E-state index is 0. The monoisotopic (exact) mass is 214 g/mol. The van der Waals surface area contributed by atoms with Crippen LogP contribution in [0.25, 0.3) is 0 Å². The van der Waals surface area contributed by atoms with Gasteiger partial charge in [0.2, 0.25) is 0 Å². The summed E-state index contributed by atoms with van der Waals surface area (Å²) in [6.07, 6.45) is 0. The molecule has 4 nitrogen and oxygen atoms in total. The summed E-state index contributed by atoms with van der Waals surface area (Å²) in [5, 5.41) is 5.96. The number of alkyl halides is 3. The van der Waals surface area contributed by atoms with Gasteiger partial charge in [0, 0.05) is 0 Å². The summed E-state index contributed by atoms with van der Waals surface area (Å²) in [6, 6.07) is 2.00. The van der Waals surface area contributed by atoms with Gasteiger partial charge in [0.05, 0.1) is 6.92 Å². The minimum atomic E-state index is -6.09. The molecule has 0 spiro atoms. The fraction of sp³-hybridized carbons (Fsp3) is 0.667. The Bertz CT molecular complexity index is 240. The Balaban J connectivity index is -0.000000177. The Morgan fingerprint density at radius 2 is 1.50 bits per heavy atom. The quantitative estimate of drug-likeness (QED) is 0.252. The molecule has 12 heavy (non-hydrogen) atoms. The summed E-state index contributed by atoms with van der Waals surface area (Å²) in [5.74, 6) is 0. The molecule has 0 bridgehead atoms. The third-order valence-corrected chi connectivity index (χ3v) is 0.850. The van der Waals surface area contributed by atoms with Gasteiger partial charge in [0.25, 0.3) is 6.07 Å². The number of nitrogens with one attached hydrogen (secondary N) is 1. The van der Waals surface area contributed by atoms with Gasteiger partial charge in [-0.3, -0.25) is 0 Å². The molecule has 9 heteroatoms. The van der Waals surface area contributed by atoms with E-state index in [4.69, 9.17) is 18.2 Å². The van der Waals surface area contributed by atoms with Gasteiger partial charge < -0.3 is 4.55 Å². The topological polar surface area (TPSA) is 81.0 Å². The number of hydrogen-bond donors (Lipinski definition) is 1. The number of halogens is 3. The summed E-state index contributed by atoms with van der Waals surface area (Å²) in [5.41, 5.74) is -5.65. The van der Waals surface area contributed by atoms with E-state index in [0.29, 0.717) is 0 Å². The van der Waals surface area contributed by atoms with Crippen molar-refractivity contribution in [3.63, 3.8) is 0 Å². The van der Waals surface area contributed by atoms with E-state index in [1.807, 2.05) is 6.07 Å². The Hall–Kier alpha value is 0.190. The van der Waals surface area contributed by atoms with E-state index in [1.165, 1.54) is 0 Å². The van der Waals surface area contributed by atoms with Crippen molar-refractivity contribution in [1.82, 2.24) is 0 Å². The van der Waals surface area contributed by atoms with Crippen LogP contribution in [0.3, 0.4) is 0 Å². The van der Waals surface area contributed by atoms with Gasteiger partial charge in [-0.25, -0.2) is 8.42 Å². The molecule has 0 aliphatic rings. The fourth-order valence-corrected chi connectivity index (χ4v) is 0. The summed E-state index contributed by atoms with van der Waals surface area (Å²) in [4.78, 5) is 0. The smallest absolute Gasteiger partial charge is 0.741 e. The van der Waals surface area contributed by atoms with Gasteiger partial charge in [-0.1, -0.05) is 0 Å². The van der Waals surface area contributed by atoms with Gasteiger partial charge in [0.1, 0.15) is 0 Å². The maximum Gasteiger partial charge on any atom is 1.00 e. The van der Waals surface area contributed by atoms with Gasteiger partial charge in [0.15, 0.2) is 10.1 Å². The second-order valence-corrected chi connectivity index (χ2v) is 2.52. The molecule has 0 aliphatic carbocycles. The standard InChI is InChI=1S/C2H3N.CHF3O3S.Na/c1-2-3;2-1(3,4)8(5,6)7;/h1H3;(H,5,6,7);/q;;+1. The first kappa shape index (κ1) is 18.1. The summed E-state index contributed by atoms with van der Waals surface area (Å²) < 4.78 is 58.9. The molecular formula is C3H4F3NNaO3S+. The molecule has 0 heterocycles. The van der Waals surface area contributed by atoms with Crippen molar-refractivity contribution in [2.45, 2.75) is 12.4 Å². The first-order valence-corrected chi connectivity index (χ1v) is 3.43. The van der Waals surface area contributed by atoms with E-state index in [2.05, 4.69) is 0 Å². The Morgan fingerprint density at radius 1 is 1.42 bits per heavy atom. The molecule has 0 radical (unpaired) electrons. The first-order valence-electron chi connectivity index (χ1n) is 2.02. The molecule has 0 saturated carbocycles. The van der Waals surface area contributed by atoms with E-state index in [-0.39, 0.29) is 29.6 Å². The molecule has 0 fully saturated rings. The predicted molar refractivity (Wildman–Crippen MR) is 26.3 cm³/mol. The van der Waals surface area contributed by atoms with Crippen molar-refractivity contribution in [2.75, 3.05) is 0 Å². The van der Waals surface area contributed by atoms with Crippen LogP contribution in [-0.4, -0.2) is 18.5 Å². The van der Waals surface area contributed by atoms with Gasteiger partial charge in [-0.2, -0.15) is 13.2 Å². The van der Waals surface area contributed by atoms with Crippen LogP contribution >= 0.6 is 0 Å². The van der Waals surface area contributed by atoms with Crippen LogP contribution in [0.1, 0.15) is 6.92 Å². The van der Waals surface area contributed by atoms with E-state index in [9.17, 15) is 13.2 Å². The largest absolute Gasteiger partial charge is 1.00 e. The van der Waals surface area contributed by atoms with Crippen molar-refractivity contribution >= 4 is 10.1 Å². The summed E-state index contributed by atoms with van der Waals surface area (Å²) in [6.45, 7) is 1.54. The van der Waals surface area contributed by atoms with Crippen molar-refractivity contribution in [3.8, 4) is 6.07 Å². The third-order valence-electron chi connectivity index (χ3n) is 0.283. The summed E-state index contributed by atoms with van der Waals surface area (Å²) in [7, 11) is -6.09. The molecule has 0 aromatic heterocycles. The molecule has 0 atom stereocenters. The van der Waals surface area contributed by atoms with Gasteiger partial charge >= 0.3 is 35.1 Å². The Kier molecular flexibility index (Phi) is 10.1. The zero-order valence-electron chi connectivity index (χ0n) is 6.27. The van der Waals surface area contributed by atoms with Crippen LogP contribution in [-0.2, 0) is 10.1 Å². The fourth-order valence-electron chi connectivity index (χ4n) is 0. The van der Waals surface area contributed by atoms with Crippen LogP contribution in [0.15, 0.2) is 0 Å². The molecule has 66 valence electrons. The zero-order chi connectivity index (χ0) is 9.71. The van der Waals surface area contributed by atoms with E-state index in [1.54, 1.807) is 6.92 Å². The SMILES string of the molecule is CC#[NH+].O=S(=O)([O-])C(F)(F)F.[Na+]. The molecule has 1 N–H and O–H groups in total. The molecule has 0 aromatic carbocycles. The third kappa shape index (κ3) is 10.2. The summed E-state index contributed by atoms with van der Waals surface area (Å²) >= 11 is 0. The first-order chi connectivity index (χ1) is 4.66. The van der Waals surface area contributed by atoms with Crippen LogP contribution < -0.4 is 34.8 Å². The normalized spacial score (nSPS) is 10.0. The molecular weight excluding hydrogens is 210 g/mol. The van der Waals surface area contributed by atoms with Gasteiger partial charge in [-0.15, -0.1) is 5.26 Å². The maximum absolute atomic E-state index is 10.7. The van der Waals surface area contributed by atoms with E-state index in [0.717, 1.165) is 0 Å². The molecule has 0 aromatic rings. The predicted octanol–water partition coefficient (Wildman–Crippen LogP) is -4.17. The average Bonchev–Trinajstić information content (AvgIpc) is 1.60. The second kappa shape index (κ2) is 6.68. The maximum atomic E-state index is 10.7.